The van der Waals surface area contributed by atoms with Crippen molar-refractivity contribution in [2.75, 3.05) is 65.6 Å². The zero-order chi connectivity index (χ0) is 18.2. The Balaban J connectivity index is 1.34. The van der Waals surface area contributed by atoms with Crippen molar-refractivity contribution in [1.82, 2.24) is 20.0 Å². The van der Waals surface area contributed by atoms with Gasteiger partial charge in [-0.3, -0.25) is 19.4 Å². The Kier molecular flexibility index (Phi) is 6.99. The summed E-state index contributed by atoms with van der Waals surface area (Å²) >= 11 is 0. The van der Waals surface area contributed by atoms with Crippen LogP contribution in [0.5, 0.6) is 0 Å². The molecule has 1 aromatic carbocycles. The summed E-state index contributed by atoms with van der Waals surface area (Å²) in [7, 11) is 0. The first-order valence-electron chi connectivity index (χ1n) is 9.31. The third-order valence-electron chi connectivity index (χ3n) is 4.89. The lowest BCUT2D eigenvalue weighted by Crippen LogP contribution is -2.53. The summed E-state index contributed by atoms with van der Waals surface area (Å²) in [6, 6.07) is 9.90. The van der Waals surface area contributed by atoms with Crippen LogP contribution in [0.1, 0.15) is 5.56 Å². The smallest absolute Gasteiger partial charge is 0.236 e. The summed E-state index contributed by atoms with van der Waals surface area (Å²) in [5.41, 5.74) is 1.10. The molecule has 0 spiro atoms. The molecule has 142 valence electrons. The molecule has 0 radical (unpaired) electrons. The lowest BCUT2D eigenvalue weighted by atomic mass is 10.2. The molecule has 0 bridgehead atoms. The first-order valence-corrected chi connectivity index (χ1v) is 9.31. The summed E-state index contributed by atoms with van der Waals surface area (Å²) in [6.07, 6.45) is 0. The van der Waals surface area contributed by atoms with Gasteiger partial charge in [0.2, 0.25) is 11.8 Å². The van der Waals surface area contributed by atoms with Crippen molar-refractivity contribution < 1.29 is 14.3 Å². The quantitative estimate of drug-likeness (QED) is 0.760. The van der Waals surface area contributed by atoms with Gasteiger partial charge >= 0.3 is 0 Å². The number of ether oxygens (including phenoxy) is 1. The van der Waals surface area contributed by atoms with Crippen LogP contribution in [0.25, 0.3) is 0 Å². The molecule has 0 saturated carbocycles. The second kappa shape index (κ2) is 9.66. The first kappa shape index (κ1) is 18.8. The zero-order valence-electron chi connectivity index (χ0n) is 15.2. The molecule has 0 atom stereocenters. The van der Waals surface area contributed by atoms with Crippen LogP contribution in [0.3, 0.4) is 0 Å². The van der Waals surface area contributed by atoms with Gasteiger partial charge in [-0.15, -0.1) is 0 Å². The van der Waals surface area contributed by atoms with Crippen LogP contribution in [-0.2, 0) is 20.9 Å². The number of hydrogen-bond donors (Lipinski definition) is 1. The van der Waals surface area contributed by atoms with Crippen LogP contribution in [0, 0.1) is 0 Å². The van der Waals surface area contributed by atoms with Crippen LogP contribution in [-0.4, -0.2) is 92.1 Å². The summed E-state index contributed by atoms with van der Waals surface area (Å²) in [6.45, 7) is 7.35. The second-order valence-corrected chi connectivity index (χ2v) is 6.81. The summed E-state index contributed by atoms with van der Waals surface area (Å²) in [5.74, 6) is 0.210. The van der Waals surface area contributed by atoms with Gasteiger partial charge in [-0.25, -0.2) is 0 Å². The molecule has 2 heterocycles. The van der Waals surface area contributed by atoms with Crippen LogP contribution in [0.2, 0.25) is 0 Å². The molecule has 3 rings (SSSR count). The van der Waals surface area contributed by atoms with Gasteiger partial charge in [0.05, 0.1) is 26.3 Å². The highest BCUT2D eigenvalue weighted by atomic mass is 16.5. The van der Waals surface area contributed by atoms with Crippen molar-refractivity contribution in [2.45, 2.75) is 6.54 Å². The maximum absolute atomic E-state index is 12.4. The molecule has 7 nitrogen and oxygen atoms in total. The van der Waals surface area contributed by atoms with Crippen molar-refractivity contribution in [3.8, 4) is 0 Å². The number of nitrogens with zero attached hydrogens (tertiary/aromatic N) is 3. The van der Waals surface area contributed by atoms with Crippen molar-refractivity contribution in [3.63, 3.8) is 0 Å². The van der Waals surface area contributed by atoms with Crippen molar-refractivity contribution in [3.05, 3.63) is 35.9 Å². The van der Waals surface area contributed by atoms with Gasteiger partial charge in [0.15, 0.2) is 0 Å². The van der Waals surface area contributed by atoms with E-state index in [-0.39, 0.29) is 11.8 Å². The summed E-state index contributed by atoms with van der Waals surface area (Å²) in [5, 5.41) is 2.95. The lowest BCUT2D eigenvalue weighted by molar-refractivity contribution is -0.135. The fourth-order valence-electron chi connectivity index (χ4n) is 3.26. The molecule has 2 aliphatic rings. The number of carbonyl (C=O) groups is 2. The fourth-order valence-corrected chi connectivity index (χ4v) is 3.26. The molecule has 2 amide bonds. The standard InChI is InChI=1S/C19H28N4O3/c24-18(20-14-17-4-2-1-3-5-17)15-21-6-8-23(9-7-21)19(25)16-22-10-12-26-13-11-22/h1-5H,6-16H2,(H,20,24). The molecule has 2 fully saturated rings. The predicted molar refractivity (Wildman–Crippen MR) is 98.6 cm³/mol. The topological polar surface area (TPSA) is 65.1 Å². The molecule has 0 aromatic heterocycles. The van der Waals surface area contributed by atoms with Gasteiger partial charge in [-0.2, -0.15) is 0 Å². The Labute approximate surface area is 154 Å². The monoisotopic (exact) mass is 360 g/mol. The number of rotatable bonds is 6. The number of nitrogens with one attached hydrogen (secondary N) is 1. The maximum atomic E-state index is 12.4. The van der Waals surface area contributed by atoms with Crippen LogP contribution in [0.15, 0.2) is 30.3 Å². The highest BCUT2D eigenvalue weighted by Gasteiger charge is 2.24. The third-order valence-corrected chi connectivity index (χ3v) is 4.89. The minimum absolute atomic E-state index is 0.0296. The number of amides is 2. The van der Waals surface area contributed by atoms with Crippen LogP contribution < -0.4 is 5.32 Å². The van der Waals surface area contributed by atoms with Gasteiger partial charge in [0.25, 0.3) is 0 Å². The average molecular weight is 360 g/mol. The van der Waals surface area contributed by atoms with E-state index in [1.54, 1.807) is 0 Å². The fraction of sp³-hybridized carbons (Fsp3) is 0.579. The molecule has 1 N–H and O–H groups in total. The number of piperazine rings is 1. The second-order valence-electron chi connectivity index (χ2n) is 6.81. The normalized spacial score (nSPS) is 19.3. The predicted octanol–water partition coefficient (Wildman–Crippen LogP) is -0.221. The Morgan fingerprint density at radius 1 is 0.885 bits per heavy atom. The van der Waals surface area contributed by atoms with E-state index >= 15 is 0 Å². The summed E-state index contributed by atoms with van der Waals surface area (Å²) in [4.78, 5) is 30.7. The van der Waals surface area contributed by atoms with Crippen LogP contribution in [0.4, 0.5) is 0 Å². The maximum Gasteiger partial charge on any atom is 0.236 e. The Hall–Kier alpha value is -1.96. The van der Waals surface area contributed by atoms with E-state index < -0.39 is 0 Å². The molecule has 0 unspecified atom stereocenters. The highest BCUT2D eigenvalue weighted by molar-refractivity contribution is 5.79. The van der Waals surface area contributed by atoms with E-state index in [1.807, 2.05) is 35.2 Å². The van der Waals surface area contributed by atoms with Gasteiger partial charge in [0.1, 0.15) is 0 Å². The third kappa shape index (κ3) is 5.79. The summed E-state index contributed by atoms with van der Waals surface area (Å²) < 4.78 is 5.31. The van der Waals surface area contributed by atoms with E-state index in [4.69, 9.17) is 4.74 Å². The number of hydrogen-bond acceptors (Lipinski definition) is 5. The van der Waals surface area contributed by atoms with Gasteiger partial charge in [-0.05, 0) is 5.56 Å². The van der Waals surface area contributed by atoms with E-state index in [0.29, 0.717) is 45.9 Å². The largest absolute Gasteiger partial charge is 0.379 e. The van der Waals surface area contributed by atoms with E-state index in [0.717, 1.165) is 31.7 Å². The minimum Gasteiger partial charge on any atom is -0.379 e. The minimum atomic E-state index is 0.0296. The first-order chi connectivity index (χ1) is 12.7. The SMILES string of the molecule is O=C(CN1CCN(C(=O)CN2CCOCC2)CC1)NCc1ccccc1. The Bertz CT molecular complexity index is 582. The Morgan fingerprint density at radius 2 is 1.54 bits per heavy atom. The van der Waals surface area contributed by atoms with E-state index in [9.17, 15) is 9.59 Å². The number of morpholine rings is 1. The zero-order valence-corrected chi connectivity index (χ0v) is 15.2. The molecule has 0 aliphatic carbocycles. The molecule has 26 heavy (non-hydrogen) atoms. The van der Waals surface area contributed by atoms with E-state index in [1.165, 1.54) is 0 Å². The van der Waals surface area contributed by atoms with Gasteiger partial charge < -0.3 is 15.0 Å². The molecular formula is C19H28N4O3. The van der Waals surface area contributed by atoms with Crippen molar-refractivity contribution >= 4 is 11.8 Å². The van der Waals surface area contributed by atoms with Crippen molar-refractivity contribution in [1.29, 1.82) is 0 Å². The molecule has 2 saturated heterocycles. The lowest BCUT2D eigenvalue weighted by Gasteiger charge is -2.36. The molecule has 7 heteroatoms. The van der Waals surface area contributed by atoms with Crippen molar-refractivity contribution in [2.24, 2.45) is 0 Å². The highest BCUT2D eigenvalue weighted by Crippen LogP contribution is 2.05. The Morgan fingerprint density at radius 3 is 2.23 bits per heavy atom. The molecule has 1 aromatic rings. The number of benzene rings is 1. The number of carbonyl (C=O) groups excluding carboxylic acids is 2. The molecular weight excluding hydrogens is 332 g/mol. The molecule has 2 aliphatic heterocycles. The average Bonchev–Trinajstić information content (AvgIpc) is 2.68. The van der Waals surface area contributed by atoms with Gasteiger partial charge in [0, 0.05) is 45.8 Å². The van der Waals surface area contributed by atoms with Gasteiger partial charge in [-0.1, -0.05) is 30.3 Å². The van der Waals surface area contributed by atoms with Crippen LogP contribution >= 0.6 is 0 Å². The van der Waals surface area contributed by atoms with E-state index in [2.05, 4.69) is 15.1 Å².